The van der Waals surface area contributed by atoms with Crippen LogP contribution in [0.1, 0.15) is 29.3 Å². The lowest BCUT2D eigenvalue weighted by Gasteiger charge is -2.28. The Bertz CT molecular complexity index is 582. The predicted molar refractivity (Wildman–Crippen MR) is 97.2 cm³/mol. The third-order valence-corrected chi connectivity index (χ3v) is 8.27. The molecule has 2 aromatic rings. The van der Waals surface area contributed by atoms with Gasteiger partial charge in [0.2, 0.25) is 0 Å². The summed E-state index contributed by atoms with van der Waals surface area (Å²) in [6, 6.07) is 10.5. The van der Waals surface area contributed by atoms with Gasteiger partial charge in [0.15, 0.2) is 0 Å². The third-order valence-electron chi connectivity index (χ3n) is 3.64. The van der Waals surface area contributed by atoms with Crippen molar-refractivity contribution in [2.75, 3.05) is 11.5 Å². The average Bonchev–Trinajstić information content (AvgIpc) is 2.99. The van der Waals surface area contributed by atoms with Gasteiger partial charge in [0, 0.05) is 23.3 Å². The van der Waals surface area contributed by atoms with Gasteiger partial charge in [0.25, 0.3) is 0 Å². The van der Waals surface area contributed by atoms with E-state index in [-0.39, 0.29) is 0 Å². The van der Waals surface area contributed by atoms with Crippen LogP contribution in [-0.2, 0) is 6.54 Å². The zero-order chi connectivity index (χ0) is 14.7. The Balaban J connectivity index is 1.95. The summed E-state index contributed by atoms with van der Waals surface area (Å²) >= 11 is 6.00. The molecule has 2 N–H and O–H groups in total. The highest BCUT2D eigenvalue weighted by molar-refractivity contribution is 8.06. The average molecular weight is 337 g/mol. The van der Waals surface area contributed by atoms with Crippen molar-refractivity contribution in [2.24, 2.45) is 5.73 Å². The van der Waals surface area contributed by atoms with Gasteiger partial charge < -0.3 is 5.73 Å². The molecule has 112 valence electrons. The summed E-state index contributed by atoms with van der Waals surface area (Å²) < 4.78 is 0. The van der Waals surface area contributed by atoms with Gasteiger partial charge in [0.05, 0.1) is 15.8 Å². The van der Waals surface area contributed by atoms with Crippen LogP contribution in [0.15, 0.2) is 30.3 Å². The fourth-order valence-corrected chi connectivity index (χ4v) is 7.10. The Labute approximate surface area is 138 Å². The topological polar surface area (TPSA) is 38.9 Å². The molecule has 1 fully saturated rings. The smallest absolute Gasteiger partial charge is 0.108 e. The SMILES string of the molecule is CCC1SCCSC1c1nc(CN)c(-c2ccccc2)s1. The minimum Gasteiger partial charge on any atom is -0.325 e. The van der Waals surface area contributed by atoms with Crippen molar-refractivity contribution in [1.82, 2.24) is 4.98 Å². The predicted octanol–water partition coefficient (Wildman–Crippen LogP) is 4.57. The number of nitrogens with two attached hydrogens (primary N) is 1. The van der Waals surface area contributed by atoms with E-state index in [0.717, 1.165) is 5.69 Å². The molecular weight excluding hydrogens is 316 g/mol. The van der Waals surface area contributed by atoms with Crippen molar-refractivity contribution in [3.05, 3.63) is 41.0 Å². The maximum absolute atomic E-state index is 5.93. The summed E-state index contributed by atoms with van der Waals surface area (Å²) in [7, 11) is 0. The minimum atomic E-state index is 0.516. The molecule has 5 heteroatoms. The lowest BCUT2D eigenvalue weighted by molar-refractivity contribution is 0.784. The second-order valence-electron chi connectivity index (χ2n) is 5.01. The number of hydrogen-bond donors (Lipinski definition) is 1. The van der Waals surface area contributed by atoms with E-state index < -0.39 is 0 Å². The van der Waals surface area contributed by atoms with Crippen molar-refractivity contribution in [3.8, 4) is 10.4 Å². The van der Waals surface area contributed by atoms with Crippen LogP contribution in [0.4, 0.5) is 0 Å². The molecular formula is C16H20N2S3. The molecule has 2 heterocycles. The monoisotopic (exact) mass is 336 g/mol. The van der Waals surface area contributed by atoms with Gasteiger partial charge in [-0.15, -0.1) is 23.1 Å². The summed E-state index contributed by atoms with van der Waals surface area (Å²) in [5, 5.41) is 2.48. The van der Waals surface area contributed by atoms with E-state index in [1.54, 1.807) is 0 Å². The lowest BCUT2D eigenvalue weighted by Crippen LogP contribution is -2.18. The Hall–Kier alpha value is -0.490. The quantitative estimate of drug-likeness (QED) is 0.888. The largest absolute Gasteiger partial charge is 0.325 e. The number of hydrogen-bond acceptors (Lipinski definition) is 5. The molecule has 1 aromatic heterocycles. The number of benzene rings is 1. The summed E-state index contributed by atoms with van der Waals surface area (Å²) in [6.07, 6.45) is 1.21. The molecule has 1 aliphatic rings. The summed E-state index contributed by atoms with van der Waals surface area (Å²) in [6.45, 7) is 2.80. The summed E-state index contributed by atoms with van der Waals surface area (Å²) in [5.74, 6) is 2.49. The molecule has 2 atom stereocenters. The molecule has 0 bridgehead atoms. The lowest BCUT2D eigenvalue weighted by atomic mass is 10.1. The van der Waals surface area contributed by atoms with Gasteiger partial charge >= 0.3 is 0 Å². The van der Waals surface area contributed by atoms with Gasteiger partial charge in [-0.2, -0.15) is 11.8 Å². The molecule has 0 spiro atoms. The van der Waals surface area contributed by atoms with Crippen LogP contribution in [0.2, 0.25) is 0 Å². The van der Waals surface area contributed by atoms with Crippen molar-refractivity contribution in [3.63, 3.8) is 0 Å². The Kier molecular flexibility index (Phi) is 5.27. The van der Waals surface area contributed by atoms with Gasteiger partial charge in [-0.1, -0.05) is 37.3 Å². The molecule has 0 radical (unpaired) electrons. The van der Waals surface area contributed by atoms with E-state index in [4.69, 9.17) is 10.7 Å². The molecule has 1 aromatic carbocycles. The molecule has 0 amide bonds. The van der Waals surface area contributed by atoms with Crippen molar-refractivity contribution in [2.45, 2.75) is 30.4 Å². The fraction of sp³-hybridized carbons (Fsp3) is 0.438. The highest BCUT2D eigenvalue weighted by Crippen LogP contribution is 2.46. The number of nitrogens with zero attached hydrogens (tertiary/aromatic N) is 1. The number of thiazole rings is 1. The van der Waals surface area contributed by atoms with Crippen LogP contribution in [0, 0.1) is 0 Å². The van der Waals surface area contributed by atoms with Crippen LogP contribution >= 0.6 is 34.9 Å². The highest BCUT2D eigenvalue weighted by atomic mass is 32.2. The van der Waals surface area contributed by atoms with Crippen molar-refractivity contribution >= 4 is 34.9 Å². The Morgan fingerprint density at radius 3 is 2.67 bits per heavy atom. The first-order chi connectivity index (χ1) is 10.3. The van der Waals surface area contributed by atoms with E-state index in [1.807, 2.05) is 17.4 Å². The highest BCUT2D eigenvalue weighted by Gasteiger charge is 2.29. The number of rotatable bonds is 4. The summed E-state index contributed by atoms with van der Waals surface area (Å²) in [4.78, 5) is 6.14. The van der Waals surface area contributed by atoms with Gasteiger partial charge in [0.1, 0.15) is 5.01 Å². The van der Waals surface area contributed by atoms with E-state index in [1.165, 1.54) is 33.4 Å². The van der Waals surface area contributed by atoms with Gasteiger partial charge in [-0.25, -0.2) is 4.98 Å². The Morgan fingerprint density at radius 1 is 1.19 bits per heavy atom. The molecule has 1 aliphatic heterocycles. The fourth-order valence-electron chi connectivity index (χ4n) is 2.58. The van der Waals surface area contributed by atoms with Crippen LogP contribution in [0.25, 0.3) is 10.4 Å². The third kappa shape index (κ3) is 3.31. The van der Waals surface area contributed by atoms with E-state index in [9.17, 15) is 0 Å². The first-order valence-corrected chi connectivity index (χ1v) is 10.2. The maximum Gasteiger partial charge on any atom is 0.108 e. The first-order valence-electron chi connectivity index (χ1n) is 7.31. The minimum absolute atomic E-state index is 0.516. The van der Waals surface area contributed by atoms with Gasteiger partial charge in [-0.3, -0.25) is 0 Å². The van der Waals surface area contributed by atoms with E-state index in [2.05, 4.69) is 54.7 Å². The van der Waals surface area contributed by atoms with Crippen LogP contribution in [-0.4, -0.2) is 21.7 Å². The normalized spacial score (nSPS) is 22.4. The van der Waals surface area contributed by atoms with Crippen molar-refractivity contribution < 1.29 is 0 Å². The molecule has 2 nitrogen and oxygen atoms in total. The second kappa shape index (κ2) is 7.18. The molecule has 0 saturated carbocycles. The Morgan fingerprint density at radius 2 is 1.95 bits per heavy atom. The molecule has 1 saturated heterocycles. The van der Waals surface area contributed by atoms with Crippen molar-refractivity contribution in [1.29, 1.82) is 0 Å². The maximum atomic E-state index is 5.93. The van der Waals surface area contributed by atoms with E-state index in [0.29, 0.717) is 17.0 Å². The zero-order valence-corrected chi connectivity index (χ0v) is 14.6. The zero-order valence-electron chi connectivity index (χ0n) is 12.1. The molecule has 3 rings (SSSR count). The molecule has 2 unspecified atom stereocenters. The summed E-state index contributed by atoms with van der Waals surface area (Å²) in [5.41, 5.74) is 8.22. The molecule has 0 aliphatic carbocycles. The number of thioether (sulfide) groups is 2. The molecule has 21 heavy (non-hydrogen) atoms. The van der Waals surface area contributed by atoms with Crippen LogP contribution < -0.4 is 5.73 Å². The number of aromatic nitrogens is 1. The van der Waals surface area contributed by atoms with E-state index >= 15 is 0 Å². The second-order valence-corrected chi connectivity index (χ2v) is 8.63. The van der Waals surface area contributed by atoms with Crippen LogP contribution in [0.3, 0.4) is 0 Å². The van der Waals surface area contributed by atoms with Crippen LogP contribution in [0.5, 0.6) is 0 Å². The first kappa shape index (κ1) is 15.4. The standard InChI is InChI=1S/C16H20N2S3/c1-2-13-15(20-9-8-19-13)16-18-12(10-17)14(21-16)11-6-4-3-5-7-11/h3-7,13,15H,2,8-10,17H2,1H3. The van der Waals surface area contributed by atoms with Gasteiger partial charge in [-0.05, 0) is 12.0 Å².